The van der Waals surface area contributed by atoms with Gasteiger partial charge in [0.1, 0.15) is 5.75 Å². The van der Waals surface area contributed by atoms with E-state index < -0.39 is 0 Å². The molecule has 0 aromatic heterocycles. The summed E-state index contributed by atoms with van der Waals surface area (Å²) in [6.45, 7) is 6.02. The van der Waals surface area contributed by atoms with Crippen LogP contribution in [0.5, 0.6) is 5.75 Å². The van der Waals surface area contributed by atoms with Gasteiger partial charge in [-0.15, -0.1) is 0 Å². The summed E-state index contributed by atoms with van der Waals surface area (Å²) in [4.78, 5) is 11.9. The molecule has 0 saturated heterocycles. The highest BCUT2D eigenvalue weighted by molar-refractivity contribution is 5.91. The largest absolute Gasteiger partial charge is 0.495 e. The summed E-state index contributed by atoms with van der Waals surface area (Å²) in [5.41, 5.74) is 6.37. The van der Waals surface area contributed by atoms with Crippen LogP contribution in [0, 0.1) is 11.8 Å². The molecule has 0 unspecified atom stereocenters. The number of hydrogen-bond acceptors (Lipinski definition) is 3. The van der Waals surface area contributed by atoms with E-state index in [1.54, 1.807) is 19.2 Å². The van der Waals surface area contributed by atoms with Gasteiger partial charge in [-0.3, -0.25) is 0 Å². The number of nitrogens with one attached hydrogen (secondary N) is 2. The highest BCUT2D eigenvalue weighted by atomic mass is 16.5. The van der Waals surface area contributed by atoms with Crippen LogP contribution in [0.15, 0.2) is 18.2 Å². The molecule has 5 heteroatoms. The van der Waals surface area contributed by atoms with E-state index >= 15 is 0 Å². The van der Waals surface area contributed by atoms with Crippen LogP contribution < -0.4 is 21.1 Å². The second kappa shape index (κ2) is 6.83. The molecular weight excluding hydrogens is 254 g/mol. The molecule has 1 aromatic rings. The summed E-state index contributed by atoms with van der Waals surface area (Å²) in [5, 5.41) is 5.58. The Balaban J connectivity index is 2.94. The minimum absolute atomic E-state index is 0.291. The number of ether oxygens (including phenoxy) is 1. The Morgan fingerprint density at radius 1 is 1.40 bits per heavy atom. The zero-order valence-corrected chi connectivity index (χ0v) is 12.3. The van der Waals surface area contributed by atoms with Crippen molar-refractivity contribution in [1.82, 2.24) is 5.32 Å². The summed E-state index contributed by atoms with van der Waals surface area (Å²) >= 11 is 0. The topological polar surface area (TPSA) is 76.4 Å². The Labute approximate surface area is 119 Å². The normalized spacial score (nSPS) is 10.2. The number of urea groups is 1. The first-order chi connectivity index (χ1) is 9.35. The van der Waals surface area contributed by atoms with Crippen LogP contribution in [0.1, 0.15) is 26.3 Å². The standard InChI is InChI=1S/C15H21N3O2/c1-15(2,3)18-14(19)17-12-10-11(6-5-9-16)7-8-13(12)20-4/h7-8,10H,9,16H2,1-4H3,(H2,17,18,19). The molecule has 0 heterocycles. The van der Waals surface area contributed by atoms with Gasteiger partial charge in [-0.1, -0.05) is 11.8 Å². The summed E-state index contributed by atoms with van der Waals surface area (Å²) in [6, 6.07) is 5.03. The van der Waals surface area contributed by atoms with Crippen molar-refractivity contribution in [3.63, 3.8) is 0 Å². The molecule has 0 spiro atoms. The number of carbonyl (C=O) groups is 1. The van der Waals surface area contributed by atoms with Crippen molar-refractivity contribution in [2.45, 2.75) is 26.3 Å². The zero-order valence-electron chi connectivity index (χ0n) is 12.3. The van der Waals surface area contributed by atoms with Gasteiger partial charge in [0.15, 0.2) is 0 Å². The van der Waals surface area contributed by atoms with Gasteiger partial charge >= 0.3 is 6.03 Å². The van der Waals surface area contributed by atoms with Gasteiger partial charge in [0.25, 0.3) is 0 Å². The monoisotopic (exact) mass is 275 g/mol. The maximum atomic E-state index is 11.9. The predicted molar refractivity (Wildman–Crippen MR) is 80.8 cm³/mol. The Kier molecular flexibility index (Phi) is 5.42. The van der Waals surface area contributed by atoms with E-state index in [-0.39, 0.29) is 11.6 Å². The smallest absolute Gasteiger partial charge is 0.319 e. The molecule has 0 atom stereocenters. The predicted octanol–water partition coefficient (Wildman–Crippen LogP) is 1.93. The van der Waals surface area contributed by atoms with E-state index in [1.807, 2.05) is 26.8 Å². The van der Waals surface area contributed by atoms with Crippen LogP contribution >= 0.6 is 0 Å². The number of hydrogen-bond donors (Lipinski definition) is 3. The molecule has 108 valence electrons. The molecule has 0 aliphatic heterocycles. The van der Waals surface area contributed by atoms with Gasteiger partial charge in [0, 0.05) is 11.1 Å². The van der Waals surface area contributed by atoms with Gasteiger partial charge in [-0.25, -0.2) is 4.79 Å². The summed E-state index contributed by atoms with van der Waals surface area (Å²) in [5.74, 6) is 6.26. The number of rotatable bonds is 2. The second-order valence-electron chi connectivity index (χ2n) is 5.25. The number of benzene rings is 1. The first kappa shape index (κ1) is 15.9. The number of methoxy groups -OCH3 is 1. The van der Waals surface area contributed by atoms with E-state index in [1.165, 1.54) is 0 Å². The Bertz CT molecular complexity index is 536. The van der Waals surface area contributed by atoms with Gasteiger partial charge < -0.3 is 21.1 Å². The van der Waals surface area contributed by atoms with Crippen LogP contribution in [0.4, 0.5) is 10.5 Å². The molecule has 0 bridgehead atoms. The Morgan fingerprint density at radius 2 is 2.10 bits per heavy atom. The summed E-state index contributed by atoms with van der Waals surface area (Å²) in [6.07, 6.45) is 0. The number of carbonyl (C=O) groups excluding carboxylic acids is 1. The average Bonchev–Trinajstić information content (AvgIpc) is 2.34. The lowest BCUT2D eigenvalue weighted by Gasteiger charge is -2.21. The van der Waals surface area contributed by atoms with E-state index in [2.05, 4.69) is 22.5 Å². The van der Waals surface area contributed by atoms with E-state index in [0.29, 0.717) is 18.0 Å². The molecule has 20 heavy (non-hydrogen) atoms. The van der Waals surface area contributed by atoms with E-state index in [0.717, 1.165) is 5.56 Å². The van der Waals surface area contributed by atoms with Crippen LogP contribution in [0.3, 0.4) is 0 Å². The average molecular weight is 275 g/mol. The molecule has 0 aliphatic carbocycles. The Hall–Kier alpha value is -2.19. The lowest BCUT2D eigenvalue weighted by atomic mass is 10.1. The molecule has 4 N–H and O–H groups in total. The molecule has 1 aromatic carbocycles. The van der Waals surface area contributed by atoms with Crippen LogP contribution in [-0.2, 0) is 0 Å². The fourth-order valence-electron chi connectivity index (χ4n) is 1.53. The molecule has 0 aliphatic rings. The third-order valence-corrected chi connectivity index (χ3v) is 2.27. The van der Waals surface area contributed by atoms with E-state index in [9.17, 15) is 4.79 Å². The van der Waals surface area contributed by atoms with E-state index in [4.69, 9.17) is 10.5 Å². The van der Waals surface area contributed by atoms with Gasteiger partial charge in [0.2, 0.25) is 0 Å². The molecule has 2 amide bonds. The molecular formula is C15H21N3O2. The molecule has 1 rings (SSSR count). The maximum Gasteiger partial charge on any atom is 0.319 e. The number of nitrogens with two attached hydrogens (primary N) is 1. The first-order valence-electron chi connectivity index (χ1n) is 6.32. The van der Waals surface area contributed by atoms with Gasteiger partial charge in [-0.05, 0) is 39.0 Å². The fourth-order valence-corrected chi connectivity index (χ4v) is 1.53. The van der Waals surface area contributed by atoms with Crippen LogP contribution in [-0.4, -0.2) is 25.2 Å². The summed E-state index contributed by atoms with van der Waals surface area (Å²) in [7, 11) is 1.55. The van der Waals surface area contributed by atoms with Crippen LogP contribution in [0.2, 0.25) is 0 Å². The third kappa shape index (κ3) is 5.21. The van der Waals surface area contributed by atoms with Crippen molar-refractivity contribution in [3.8, 4) is 17.6 Å². The van der Waals surface area contributed by atoms with Gasteiger partial charge in [0.05, 0.1) is 19.3 Å². The molecule has 0 radical (unpaired) electrons. The van der Waals surface area contributed by atoms with Crippen molar-refractivity contribution in [2.75, 3.05) is 19.0 Å². The number of amides is 2. The minimum Gasteiger partial charge on any atom is -0.495 e. The minimum atomic E-state index is -0.311. The fraction of sp³-hybridized carbons (Fsp3) is 0.400. The zero-order chi connectivity index (χ0) is 15.2. The van der Waals surface area contributed by atoms with Crippen LogP contribution in [0.25, 0.3) is 0 Å². The first-order valence-corrected chi connectivity index (χ1v) is 6.32. The molecule has 0 fully saturated rings. The molecule has 5 nitrogen and oxygen atoms in total. The molecule has 0 saturated carbocycles. The SMILES string of the molecule is COc1ccc(C#CCN)cc1NC(=O)NC(C)(C)C. The third-order valence-electron chi connectivity index (χ3n) is 2.27. The van der Waals surface area contributed by atoms with Crippen molar-refractivity contribution < 1.29 is 9.53 Å². The quantitative estimate of drug-likeness (QED) is 0.722. The van der Waals surface area contributed by atoms with Crippen molar-refractivity contribution >= 4 is 11.7 Å². The lowest BCUT2D eigenvalue weighted by Crippen LogP contribution is -2.43. The summed E-state index contributed by atoms with van der Waals surface area (Å²) < 4.78 is 5.22. The highest BCUT2D eigenvalue weighted by Gasteiger charge is 2.15. The second-order valence-corrected chi connectivity index (χ2v) is 5.25. The maximum absolute atomic E-state index is 11.9. The van der Waals surface area contributed by atoms with Crippen molar-refractivity contribution in [1.29, 1.82) is 0 Å². The van der Waals surface area contributed by atoms with Crippen molar-refractivity contribution in [3.05, 3.63) is 23.8 Å². The number of anilines is 1. The van der Waals surface area contributed by atoms with Gasteiger partial charge in [-0.2, -0.15) is 0 Å². The highest BCUT2D eigenvalue weighted by Crippen LogP contribution is 2.25. The van der Waals surface area contributed by atoms with Crippen molar-refractivity contribution in [2.24, 2.45) is 5.73 Å². The lowest BCUT2D eigenvalue weighted by molar-refractivity contribution is 0.243. The Morgan fingerprint density at radius 3 is 2.65 bits per heavy atom.